The third-order valence-corrected chi connectivity index (χ3v) is 3.03. The van der Waals surface area contributed by atoms with Crippen LogP contribution in [0, 0.1) is 0 Å². The summed E-state index contributed by atoms with van der Waals surface area (Å²) < 4.78 is 103. The summed E-state index contributed by atoms with van der Waals surface area (Å²) in [5.41, 5.74) is 14.4. The standard InChI is InChI=1S/C5H9F3N2O.C5H8F3NO2.C5H5F3O3.ClH.I2/c3*6-5(7,8)2-1-3(9)4(10)11;;1-2/h3H,1-2,9H2,(H2,10,11);3H,1-2,9H2,(H,10,11);1-2H2,(H,10,11);1H;/t2*3-;;;/m11.../s1. The summed E-state index contributed by atoms with van der Waals surface area (Å²) >= 11 is 4.24. The summed E-state index contributed by atoms with van der Waals surface area (Å²) in [7, 11) is 0. The van der Waals surface area contributed by atoms with Gasteiger partial charge >= 0.3 is 30.5 Å². The smallest absolute Gasteiger partial charge is 0.389 e. The van der Waals surface area contributed by atoms with E-state index >= 15 is 0 Å². The van der Waals surface area contributed by atoms with Gasteiger partial charge in [-0.25, -0.2) is 4.79 Å². The van der Waals surface area contributed by atoms with Gasteiger partial charge in [0.1, 0.15) is 6.04 Å². The van der Waals surface area contributed by atoms with E-state index in [0.717, 1.165) is 0 Å². The number of alkyl halides is 9. The van der Waals surface area contributed by atoms with Gasteiger partial charge in [-0.05, 0) is 12.8 Å². The third-order valence-electron chi connectivity index (χ3n) is 3.03. The maximum absolute atomic E-state index is 11.5. The second kappa shape index (κ2) is 22.1. The molecule has 9 nitrogen and oxygen atoms in total. The van der Waals surface area contributed by atoms with Crippen molar-refractivity contribution in [3.63, 3.8) is 0 Å². The Balaban J connectivity index is -0.000000127. The number of primary amides is 1. The first-order valence-corrected chi connectivity index (χ1v) is 14.9. The number of nitrogens with two attached hydrogens (primary N) is 3. The molecule has 8 N–H and O–H groups in total. The van der Waals surface area contributed by atoms with Crippen molar-refractivity contribution in [1.29, 1.82) is 0 Å². The number of hydrogen-bond acceptors (Lipinski definition) is 6. The van der Waals surface area contributed by atoms with Crippen LogP contribution in [0.15, 0.2) is 0 Å². The first kappa shape index (κ1) is 45.1. The summed E-state index contributed by atoms with van der Waals surface area (Å²) in [6.45, 7) is 0. The summed E-state index contributed by atoms with van der Waals surface area (Å²) in [4.78, 5) is 39.9. The van der Waals surface area contributed by atoms with Crippen LogP contribution < -0.4 is 17.2 Å². The molecule has 0 aliphatic carbocycles. The minimum Gasteiger partial charge on any atom is -0.480 e. The summed E-state index contributed by atoms with van der Waals surface area (Å²) in [6, 6.07) is -2.62. The van der Waals surface area contributed by atoms with Crippen molar-refractivity contribution in [2.75, 3.05) is 0 Å². The van der Waals surface area contributed by atoms with Crippen LogP contribution in [-0.2, 0) is 19.2 Å². The number of carbonyl (C=O) groups excluding carboxylic acids is 2. The van der Waals surface area contributed by atoms with Crippen LogP contribution in [0.25, 0.3) is 0 Å². The number of ketones is 1. The molecule has 0 rings (SSSR count). The number of Topliss-reactive ketones (excluding diaryl/α,β-unsaturated/α-hetero) is 1. The maximum atomic E-state index is 11.5. The van der Waals surface area contributed by atoms with Gasteiger partial charge in [-0.2, -0.15) is 39.5 Å². The molecule has 0 saturated heterocycles. The van der Waals surface area contributed by atoms with Crippen molar-refractivity contribution < 1.29 is 68.9 Å². The van der Waals surface area contributed by atoms with Gasteiger partial charge < -0.3 is 27.4 Å². The molecule has 0 aromatic rings. The molecule has 0 unspecified atom stereocenters. The van der Waals surface area contributed by atoms with Crippen LogP contribution in [-0.4, -0.2) is 64.5 Å². The van der Waals surface area contributed by atoms with E-state index in [4.69, 9.17) is 21.7 Å². The minimum absolute atomic E-state index is 0. The first-order valence-electron chi connectivity index (χ1n) is 8.62. The SMILES string of the molecule is Cl.II.NC(=O)[C@H](N)CCC(F)(F)F.N[C@H](CCC(F)(F)F)C(=O)O.O=C(O)C(=O)CCC(F)(F)F. The number of hydrogen-bond donors (Lipinski definition) is 5. The lowest BCUT2D eigenvalue weighted by Gasteiger charge is -2.08. The lowest BCUT2D eigenvalue weighted by atomic mass is 10.1. The average molecular weight is 802 g/mol. The number of amides is 1. The highest BCUT2D eigenvalue weighted by Gasteiger charge is 2.30. The summed E-state index contributed by atoms with van der Waals surface area (Å²) in [5, 5.41) is 15.9. The largest absolute Gasteiger partial charge is 0.480 e. The fourth-order valence-electron chi connectivity index (χ4n) is 1.27. The van der Waals surface area contributed by atoms with Gasteiger partial charge in [-0.3, -0.25) is 14.4 Å². The van der Waals surface area contributed by atoms with Crippen molar-refractivity contribution in [2.45, 2.75) is 69.1 Å². The van der Waals surface area contributed by atoms with Gasteiger partial charge in [0.25, 0.3) is 0 Å². The lowest BCUT2D eigenvalue weighted by Crippen LogP contribution is -2.37. The second-order valence-corrected chi connectivity index (χ2v) is 6.10. The number of carboxylic acid groups (broad SMARTS) is 2. The number of halogens is 12. The Kier molecular flexibility index (Phi) is 27.7. The normalized spacial score (nSPS) is 12.5. The zero-order valence-corrected chi connectivity index (χ0v) is 22.9. The topological polar surface area (TPSA) is 187 Å². The van der Waals surface area contributed by atoms with E-state index in [1.807, 2.05) is 0 Å². The van der Waals surface area contributed by atoms with Crippen molar-refractivity contribution in [3.8, 4) is 0 Å². The molecular formula is C15H23ClF9I2N3O6. The molecule has 0 fully saturated rings. The fourth-order valence-corrected chi connectivity index (χ4v) is 1.27. The number of aliphatic carboxylic acids is 2. The van der Waals surface area contributed by atoms with Crippen LogP contribution in [0.1, 0.15) is 38.5 Å². The first-order chi connectivity index (χ1) is 15.5. The van der Waals surface area contributed by atoms with Gasteiger partial charge in [-0.1, -0.05) is 0 Å². The molecule has 0 aromatic heterocycles. The molecular weight excluding hydrogens is 778 g/mol. The third kappa shape index (κ3) is 40.3. The molecule has 0 saturated carbocycles. The molecule has 2 atom stereocenters. The van der Waals surface area contributed by atoms with E-state index in [-0.39, 0.29) is 12.4 Å². The molecule has 0 radical (unpaired) electrons. The van der Waals surface area contributed by atoms with Crippen LogP contribution >= 0.6 is 49.6 Å². The van der Waals surface area contributed by atoms with Crippen LogP contribution in [0.5, 0.6) is 0 Å². The van der Waals surface area contributed by atoms with Crippen molar-refractivity contribution >= 4 is 73.3 Å². The van der Waals surface area contributed by atoms with Crippen LogP contribution in [0.3, 0.4) is 0 Å². The van der Waals surface area contributed by atoms with E-state index in [1.54, 1.807) is 0 Å². The van der Waals surface area contributed by atoms with Gasteiger partial charge in [-0.15, -0.1) is 12.4 Å². The summed E-state index contributed by atoms with van der Waals surface area (Å²) in [5.74, 6) is -5.56. The van der Waals surface area contributed by atoms with Gasteiger partial charge in [0.15, 0.2) is 0 Å². The molecule has 0 spiro atoms. The van der Waals surface area contributed by atoms with Crippen molar-refractivity contribution in [1.82, 2.24) is 0 Å². The highest BCUT2D eigenvalue weighted by atomic mass is 128. The molecule has 21 heteroatoms. The van der Waals surface area contributed by atoms with Crippen LogP contribution in [0.2, 0.25) is 0 Å². The lowest BCUT2D eigenvalue weighted by molar-refractivity contribution is -0.154. The number of rotatable bonds is 9. The summed E-state index contributed by atoms with van der Waals surface area (Å²) in [6.07, 6.45) is -18.7. The molecule has 218 valence electrons. The Hall–Kier alpha value is -0.880. The van der Waals surface area contributed by atoms with E-state index in [0.29, 0.717) is 0 Å². The van der Waals surface area contributed by atoms with Gasteiger partial charge in [0.2, 0.25) is 11.7 Å². The number of carboxylic acids is 2. The Morgan fingerprint density at radius 3 is 1.22 bits per heavy atom. The Labute approximate surface area is 227 Å². The number of carbonyl (C=O) groups is 4. The average Bonchev–Trinajstić information content (AvgIpc) is 2.68. The maximum Gasteiger partial charge on any atom is 0.389 e. The predicted octanol–water partition coefficient (Wildman–Crippen LogP) is 4.06. The van der Waals surface area contributed by atoms with Gasteiger partial charge in [0.05, 0.1) is 12.5 Å². The molecule has 0 aromatic carbocycles. The van der Waals surface area contributed by atoms with E-state index in [1.165, 1.54) is 0 Å². The van der Waals surface area contributed by atoms with Crippen molar-refractivity contribution in [2.24, 2.45) is 17.2 Å². The highest BCUT2D eigenvalue weighted by molar-refractivity contribution is 15.0. The highest BCUT2D eigenvalue weighted by Crippen LogP contribution is 2.23. The molecule has 0 bridgehead atoms. The molecule has 1 amide bonds. The fraction of sp³-hybridized carbons (Fsp3) is 0.733. The van der Waals surface area contributed by atoms with Crippen LogP contribution in [0.4, 0.5) is 39.5 Å². The second-order valence-electron chi connectivity index (χ2n) is 6.10. The quantitative estimate of drug-likeness (QED) is 0.131. The van der Waals surface area contributed by atoms with E-state index < -0.39 is 92.8 Å². The molecule has 0 heterocycles. The predicted molar refractivity (Wildman–Crippen MR) is 127 cm³/mol. The van der Waals surface area contributed by atoms with E-state index in [2.05, 4.69) is 43.0 Å². The molecule has 36 heavy (non-hydrogen) atoms. The van der Waals surface area contributed by atoms with Crippen molar-refractivity contribution in [3.05, 3.63) is 0 Å². The Morgan fingerprint density at radius 2 is 1.00 bits per heavy atom. The molecule has 0 aliphatic heterocycles. The monoisotopic (exact) mass is 801 g/mol. The Morgan fingerprint density at radius 1 is 0.694 bits per heavy atom. The zero-order chi connectivity index (χ0) is 29.2. The minimum atomic E-state index is -4.47. The van der Waals surface area contributed by atoms with E-state index in [9.17, 15) is 58.7 Å². The Bertz CT molecular complexity index is 620. The molecule has 0 aliphatic rings. The van der Waals surface area contributed by atoms with Gasteiger partial charge in [0, 0.05) is 56.5 Å². The zero-order valence-electron chi connectivity index (χ0n) is 17.7.